The van der Waals surface area contributed by atoms with Gasteiger partial charge in [0.1, 0.15) is 0 Å². The fraction of sp³-hybridized carbons (Fsp3) is 0.381. The van der Waals surface area contributed by atoms with E-state index in [0.29, 0.717) is 31.9 Å². The minimum atomic E-state index is -4.35. The zero-order chi connectivity index (χ0) is 21.2. The molecule has 0 aromatic heterocycles. The fourth-order valence-electron chi connectivity index (χ4n) is 3.37. The number of hydrogen-bond acceptors (Lipinski definition) is 3. The van der Waals surface area contributed by atoms with E-state index in [0.717, 1.165) is 21.8 Å². The van der Waals surface area contributed by atoms with Crippen LogP contribution in [0.1, 0.15) is 18.1 Å². The Morgan fingerprint density at radius 1 is 1.10 bits per heavy atom. The van der Waals surface area contributed by atoms with Crippen LogP contribution >= 0.6 is 15.9 Å². The van der Waals surface area contributed by atoms with Crippen LogP contribution in [0.4, 0.5) is 24.5 Å². The summed E-state index contributed by atoms with van der Waals surface area (Å²) in [5.74, 6) is -0.109. The van der Waals surface area contributed by atoms with Crippen molar-refractivity contribution < 1.29 is 18.0 Å². The molecule has 1 unspecified atom stereocenters. The molecule has 1 aliphatic rings. The predicted molar refractivity (Wildman–Crippen MR) is 112 cm³/mol. The van der Waals surface area contributed by atoms with Crippen molar-refractivity contribution in [3.63, 3.8) is 0 Å². The van der Waals surface area contributed by atoms with Gasteiger partial charge in [0.15, 0.2) is 0 Å². The SMILES string of the molecule is Cc1ccc(NC(=O)C(C)N2CCN(c3cccc(C(F)(F)F)c3)CC2)c(Br)c1. The maximum absolute atomic E-state index is 12.9. The summed E-state index contributed by atoms with van der Waals surface area (Å²) in [5.41, 5.74) is 1.72. The second kappa shape index (κ2) is 8.75. The molecule has 0 bridgehead atoms. The average Bonchev–Trinajstić information content (AvgIpc) is 2.69. The molecule has 1 N–H and O–H groups in total. The minimum Gasteiger partial charge on any atom is -0.369 e. The topological polar surface area (TPSA) is 35.6 Å². The number of carbonyl (C=O) groups is 1. The molecule has 4 nitrogen and oxygen atoms in total. The summed E-state index contributed by atoms with van der Waals surface area (Å²) in [5, 5.41) is 2.94. The lowest BCUT2D eigenvalue weighted by Crippen LogP contribution is -2.52. The molecule has 3 rings (SSSR count). The molecule has 156 valence electrons. The highest BCUT2D eigenvalue weighted by molar-refractivity contribution is 9.10. The van der Waals surface area contributed by atoms with Crippen molar-refractivity contribution >= 4 is 33.2 Å². The molecule has 1 saturated heterocycles. The number of rotatable bonds is 4. The summed E-state index contributed by atoms with van der Waals surface area (Å²) in [6.45, 7) is 6.14. The number of halogens is 4. The first-order chi connectivity index (χ1) is 13.6. The van der Waals surface area contributed by atoms with Crippen LogP contribution in [0.25, 0.3) is 0 Å². The third kappa shape index (κ3) is 5.30. The quantitative estimate of drug-likeness (QED) is 0.689. The van der Waals surface area contributed by atoms with E-state index in [2.05, 4.69) is 21.2 Å². The number of nitrogens with zero attached hydrogens (tertiary/aromatic N) is 2. The summed E-state index contributed by atoms with van der Waals surface area (Å²) in [7, 11) is 0. The number of aryl methyl sites for hydroxylation is 1. The Labute approximate surface area is 176 Å². The van der Waals surface area contributed by atoms with E-state index in [4.69, 9.17) is 0 Å². The lowest BCUT2D eigenvalue weighted by molar-refractivity contribution is -0.137. The second-order valence-electron chi connectivity index (χ2n) is 7.22. The molecule has 1 aliphatic heterocycles. The number of carbonyl (C=O) groups excluding carboxylic acids is 1. The van der Waals surface area contributed by atoms with Crippen molar-refractivity contribution in [3.8, 4) is 0 Å². The molecule has 29 heavy (non-hydrogen) atoms. The number of hydrogen-bond donors (Lipinski definition) is 1. The van der Waals surface area contributed by atoms with Crippen molar-refractivity contribution in [2.24, 2.45) is 0 Å². The van der Waals surface area contributed by atoms with Crippen LogP contribution in [0.5, 0.6) is 0 Å². The van der Waals surface area contributed by atoms with E-state index in [1.54, 1.807) is 6.07 Å². The predicted octanol–water partition coefficient (Wildman–Crippen LogP) is 4.93. The van der Waals surface area contributed by atoms with Crippen LogP contribution in [0.3, 0.4) is 0 Å². The van der Waals surface area contributed by atoms with Crippen LogP contribution in [0.2, 0.25) is 0 Å². The Kier molecular flexibility index (Phi) is 6.53. The molecule has 0 aliphatic carbocycles. The first-order valence-electron chi connectivity index (χ1n) is 9.38. The molecule has 0 radical (unpaired) electrons. The van der Waals surface area contributed by atoms with Gasteiger partial charge in [-0.25, -0.2) is 0 Å². The highest BCUT2D eigenvalue weighted by Crippen LogP contribution is 2.32. The lowest BCUT2D eigenvalue weighted by Gasteiger charge is -2.38. The van der Waals surface area contributed by atoms with Crippen LogP contribution in [-0.4, -0.2) is 43.0 Å². The van der Waals surface area contributed by atoms with Gasteiger partial charge < -0.3 is 10.2 Å². The summed E-state index contributed by atoms with van der Waals surface area (Å²) >= 11 is 3.46. The molecule has 1 atom stereocenters. The molecule has 2 aromatic rings. The molecular formula is C21H23BrF3N3O. The van der Waals surface area contributed by atoms with E-state index < -0.39 is 11.7 Å². The van der Waals surface area contributed by atoms with Crippen LogP contribution < -0.4 is 10.2 Å². The third-order valence-corrected chi connectivity index (χ3v) is 5.82. The number of amides is 1. The summed E-state index contributed by atoms with van der Waals surface area (Å²) in [4.78, 5) is 16.6. The third-order valence-electron chi connectivity index (χ3n) is 5.16. The Morgan fingerprint density at radius 3 is 2.41 bits per heavy atom. The highest BCUT2D eigenvalue weighted by atomic mass is 79.9. The van der Waals surface area contributed by atoms with Crippen molar-refractivity contribution in [3.05, 3.63) is 58.1 Å². The van der Waals surface area contributed by atoms with Gasteiger partial charge in [0.2, 0.25) is 5.91 Å². The molecule has 1 amide bonds. The Bertz CT molecular complexity index is 880. The first kappa shape index (κ1) is 21.6. The number of anilines is 2. The fourth-order valence-corrected chi connectivity index (χ4v) is 3.96. The summed E-state index contributed by atoms with van der Waals surface area (Å²) < 4.78 is 39.7. The Balaban J connectivity index is 1.59. The molecule has 8 heteroatoms. The minimum absolute atomic E-state index is 0.109. The van der Waals surface area contributed by atoms with Crippen LogP contribution in [0, 0.1) is 6.92 Å². The van der Waals surface area contributed by atoms with Gasteiger partial charge in [-0.15, -0.1) is 0 Å². The van der Waals surface area contributed by atoms with E-state index in [9.17, 15) is 18.0 Å². The normalized spacial score (nSPS) is 16.6. The second-order valence-corrected chi connectivity index (χ2v) is 8.07. The van der Waals surface area contributed by atoms with Crippen molar-refractivity contribution in [1.29, 1.82) is 0 Å². The molecule has 2 aromatic carbocycles. The smallest absolute Gasteiger partial charge is 0.369 e. The number of piperazine rings is 1. The van der Waals surface area contributed by atoms with E-state index in [-0.39, 0.29) is 11.9 Å². The number of benzene rings is 2. The van der Waals surface area contributed by atoms with Gasteiger partial charge >= 0.3 is 6.18 Å². The highest BCUT2D eigenvalue weighted by Gasteiger charge is 2.31. The molecule has 0 spiro atoms. The average molecular weight is 470 g/mol. The van der Waals surface area contributed by atoms with Crippen molar-refractivity contribution in [2.45, 2.75) is 26.1 Å². The van der Waals surface area contributed by atoms with Gasteiger partial charge in [-0.1, -0.05) is 12.1 Å². The number of nitrogens with one attached hydrogen (secondary N) is 1. The molecular weight excluding hydrogens is 447 g/mol. The molecule has 1 fully saturated rings. The van der Waals surface area contributed by atoms with Gasteiger partial charge in [-0.05, 0) is 65.7 Å². The van der Waals surface area contributed by atoms with E-state index >= 15 is 0 Å². The Hall–Kier alpha value is -2.06. The maximum Gasteiger partial charge on any atom is 0.416 e. The Morgan fingerprint density at radius 2 is 1.79 bits per heavy atom. The molecule has 0 saturated carbocycles. The lowest BCUT2D eigenvalue weighted by atomic mass is 10.1. The van der Waals surface area contributed by atoms with Gasteiger partial charge in [-0.3, -0.25) is 9.69 Å². The van der Waals surface area contributed by atoms with Gasteiger partial charge in [-0.2, -0.15) is 13.2 Å². The van der Waals surface area contributed by atoms with Crippen LogP contribution in [0.15, 0.2) is 46.9 Å². The standard InChI is InChI=1S/C21H23BrF3N3O/c1-14-6-7-19(18(22)12-14)26-20(29)15(2)27-8-10-28(11-9-27)17-5-3-4-16(13-17)21(23,24)25/h3-7,12-13,15H,8-11H2,1-2H3,(H,26,29). The zero-order valence-electron chi connectivity index (χ0n) is 16.3. The van der Waals surface area contributed by atoms with E-state index in [1.807, 2.05) is 41.8 Å². The largest absolute Gasteiger partial charge is 0.416 e. The van der Waals surface area contributed by atoms with E-state index in [1.165, 1.54) is 12.1 Å². The van der Waals surface area contributed by atoms with Crippen LogP contribution in [-0.2, 0) is 11.0 Å². The van der Waals surface area contributed by atoms with Gasteiger partial charge in [0, 0.05) is 36.3 Å². The monoisotopic (exact) mass is 469 g/mol. The van der Waals surface area contributed by atoms with Crippen molar-refractivity contribution in [2.75, 3.05) is 36.4 Å². The molecule has 1 heterocycles. The first-order valence-corrected chi connectivity index (χ1v) is 10.2. The van der Waals surface area contributed by atoms with Crippen molar-refractivity contribution in [1.82, 2.24) is 4.90 Å². The van der Waals surface area contributed by atoms with Gasteiger partial charge in [0.25, 0.3) is 0 Å². The van der Waals surface area contributed by atoms with Gasteiger partial charge in [0.05, 0.1) is 17.3 Å². The maximum atomic E-state index is 12.9. The zero-order valence-corrected chi connectivity index (χ0v) is 17.8. The summed E-state index contributed by atoms with van der Waals surface area (Å²) in [6.07, 6.45) is -4.35. The number of alkyl halides is 3. The summed E-state index contributed by atoms with van der Waals surface area (Å²) in [6, 6.07) is 10.8.